The summed E-state index contributed by atoms with van der Waals surface area (Å²) in [5.41, 5.74) is -3.87. The quantitative estimate of drug-likeness (QED) is 0.832. The number of benzene rings is 1. The first-order valence-electron chi connectivity index (χ1n) is 6.25. The number of hydrogen-bond acceptors (Lipinski definition) is 6. The highest BCUT2D eigenvalue weighted by Gasteiger charge is 2.34. The SMILES string of the molecule is COS(=O)(=O)Oc1c(C(C)=O)c(=O)[nH]c2c(C(F)(F)F)cccc12. The number of alkyl halides is 3. The first kappa shape index (κ1) is 17.9. The molecule has 1 N–H and O–H groups in total. The second-order valence-electron chi connectivity index (χ2n) is 4.60. The van der Waals surface area contributed by atoms with Crippen molar-refractivity contribution in [2.75, 3.05) is 7.11 Å². The lowest BCUT2D eigenvalue weighted by atomic mass is 10.0. The molecule has 7 nitrogen and oxygen atoms in total. The maximum atomic E-state index is 13.1. The Bertz CT molecular complexity index is 978. The van der Waals surface area contributed by atoms with Gasteiger partial charge < -0.3 is 9.17 Å². The lowest BCUT2D eigenvalue weighted by molar-refractivity contribution is -0.136. The van der Waals surface area contributed by atoms with Crippen LogP contribution in [-0.4, -0.2) is 26.3 Å². The zero-order valence-electron chi connectivity index (χ0n) is 12.2. The summed E-state index contributed by atoms with van der Waals surface area (Å²) < 4.78 is 70.8. The molecule has 0 atom stereocenters. The standard InChI is InChI=1S/C13H10F3NO6S/c1-6(18)9-11(23-24(20,21)22-2)7-4-3-5-8(13(14,15)16)10(7)17-12(9)19/h3-5H,1-2H3,(H,17,19). The number of carbonyl (C=O) groups is 1. The van der Waals surface area contributed by atoms with Gasteiger partial charge in [0.1, 0.15) is 5.56 Å². The van der Waals surface area contributed by atoms with Crippen LogP contribution >= 0.6 is 0 Å². The number of fused-ring (bicyclic) bond motifs is 1. The van der Waals surface area contributed by atoms with E-state index in [1.54, 1.807) is 0 Å². The summed E-state index contributed by atoms with van der Waals surface area (Å²) in [6, 6.07) is 2.76. The van der Waals surface area contributed by atoms with Crippen LogP contribution in [0.3, 0.4) is 0 Å². The Morgan fingerprint density at radius 1 is 1.25 bits per heavy atom. The second-order valence-corrected chi connectivity index (χ2v) is 5.92. The third kappa shape index (κ3) is 3.26. The number of rotatable bonds is 4. The van der Waals surface area contributed by atoms with Crippen molar-refractivity contribution >= 4 is 27.1 Å². The molecule has 2 rings (SSSR count). The highest BCUT2D eigenvalue weighted by atomic mass is 32.3. The van der Waals surface area contributed by atoms with Crippen LogP contribution in [-0.2, 0) is 20.8 Å². The molecular formula is C13H10F3NO6S. The fraction of sp³-hybridized carbons (Fsp3) is 0.231. The van der Waals surface area contributed by atoms with Crippen molar-refractivity contribution < 1.29 is 34.7 Å². The number of H-pyrrole nitrogens is 1. The van der Waals surface area contributed by atoms with Gasteiger partial charge in [0, 0.05) is 5.39 Å². The monoisotopic (exact) mass is 365 g/mol. The van der Waals surface area contributed by atoms with E-state index in [9.17, 15) is 31.2 Å². The minimum Gasteiger partial charge on any atom is -0.360 e. The van der Waals surface area contributed by atoms with Crippen molar-refractivity contribution in [3.8, 4) is 5.75 Å². The van der Waals surface area contributed by atoms with Crippen molar-refractivity contribution in [2.24, 2.45) is 0 Å². The molecular weight excluding hydrogens is 355 g/mol. The van der Waals surface area contributed by atoms with Crippen LogP contribution in [0.5, 0.6) is 5.75 Å². The number of halogens is 3. The van der Waals surface area contributed by atoms with Gasteiger partial charge in [0.2, 0.25) is 0 Å². The van der Waals surface area contributed by atoms with E-state index in [4.69, 9.17) is 0 Å². The summed E-state index contributed by atoms with van der Waals surface area (Å²) in [5.74, 6) is -1.72. The second kappa shape index (κ2) is 5.91. The average molecular weight is 365 g/mol. The number of hydrogen-bond donors (Lipinski definition) is 1. The molecule has 1 aromatic heterocycles. The number of aromatic amines is 1. The highest BCUT2D eigenvalue weighted by molar-refractivity contribution is 7.82. The Morgan fingerprint density at radius 3 is 2.38 bits per heavy atom. The molecule has 0 radical (unpaired) electrons. The van der Waals surface area contributed by atoms with Gasteiger partial charge >= 0.3 is 16.6 Å². The molecule has 0 aliphatic rings. The van der Waals surface area contributed by atoms with E-state index in [2.05, 4.69) is 8.37 Å². The third-order valence-corrected chi connectivity index (χ3v) is 3.83. The molecule has 24 heavy (non-hydrogen) atoms. The van der Waals surface area contributed by atoms with Crippen molar-refractivity contribution in [2.45, 2.75) is 13.1 Å². The number of ketones is 1. The summed E-state index contributed by atoms with van der Waals surface area (Å²) in [4.78, 5) is 25.6. The van der Waals surface area contributed by atoms with E-state index in [0.717, 1.165) is 26.2 Å². The molecule has 0 bridgehead atoms. The molecule has 0 aliphatic heterocycles. The van der Waals surface area contributed by atoms with Crippen LogP contribution in [0.2, 0.25) is 0 Å². The summed E-state index contributed by atoms with van der Waals surface area (Å²) >= 11 is 0. The number of aromatic nitrogens is 1. The van der Waals surface area contributed by atoms with E-state index in [-0.39, 0.29) is 0 Å². The van der Waals surface area contributed by atoms with Crippen molar-refractivity contribution in [1.82, 2.24) is 4.98 Å². The fourth-order valence-electron chi connectivity index (χ4n) is 2.07. The van der Waals surface area contributed by atoms with Crippen molar-refractivity contribution in [1.29, 1.82) is 0 Å². The molecule has 0 saturated heterocycles. The van der Waals surface area contributed by atoms with E-state index >= 15 is 0 Å². The number of nitrogens with one attached hydrogen (secondary N) is 1. The zero-order valence-corrected chi connectivity index (χ0v) is 13.0. The van der Waals surface area contributed by atoms with Crippen LogP contribution in [0.15, 0.2) is 23.0 Å². The molecule has 0 saturated carbocycles. The predicted octanol–water partition coefficient (Wildman–Crippen LogP) is 2.02. The average Bonchev–Trinajstić information content (AvgIpc) is 2.44. The molecule has 0 aliphatic carbocycles. The first-order valence-corrected chi connectivity index (χ1v) is 7.58. The van der Waals surface area contributed by atoms with Crippen LogP contribution in [0.4, 0.5) is 13.2 Å². The molecule has 2 aromatic rings. The van der Waals surface area contributed by atoms with Gasteiger partial charge in [0.25, 0.3) is 5.56 Å². The molecule has 1 heterocycles. The molecule has 130 valence electrons. The summed E-state index contributed by atoms with van der Waals surface area (Å²) in [5, 5.41) is -0.407. The maximum Gasteiger partial charge on any atom is 0.448 e. The van der Waals surface area contributed by atoms with Gasteiger partial charge in [-0.3, -0.25) is 9.59 Å². The van der Waals surface area contributed by atoms with Crippen molar-refractivity contribution in [3.05, 3.63) is 39.7 Å². The van der Waals surface area contributed by atoms with Gasteiger partial charge in [-0.05, 0) is 19.1 Å². The van der Waals surface area contributed by atoms with E-state index in [1.165, 1.54) is 0 Å². The molecule has 0 amide bonds. The van der Waals surface area contributed by atoms with Crippen LogP contribution in [0.1, 0.15) is 22.8 Å². The maximum absolute atomic E-state index is 13.1. The largest absolute Gasteiger partial charge is 0.448 e. The zero-order chi connectivity index (χ0) is 18.3. The Morgan fingerprint density at radius 2 is 1.88 bits per heavy atom. The van der Waals surface area contributed by atoms with Gasteiger partial charge in [0.15, 0.2) is 11.5 Å². The van der Waals surface area contributed by atoms with E-state index in [1.807, 2.05) is 4.98 Å². The van der Waals surface area contributed by atoms with E-state index in [0.29, 0.717) is 6.07 Å². The third-order valence-electron chi connectivity index (χ3n) is 3.05. The Hall–Kier alpha value is -2.40. The van der Waals surface area contributed by atoms with Crippen LogP contribution < -0.4 is 9.74 Å². The molecule has 0 spiro atoms. The summed E-state index contributed by atoms with van der Waals surface area (Å²) in [7, 11) is -3.92. The Labute approximate surface area is 133 Å². The number of pyridine rings is 1. The molecule has 0 fully saturated rings. The van der Waals surface area contributed by atoms with Gasteiger partial charge in [-0.1, -0.05) is 6.07 Å². The highest BCUT2D eigenvalue weighted by Crippen LogP contribution is 2.37. The smallest absolute Gasteiger partial charge is 0.360 e. The van der Waals surface area contributed by atoms with Gasteiger partial charge in [-0.2, -0.15) is 21.6 Å². The lowest BCUT2D eigenvalue weighted by Gasteiger charge is -2.14. The van der Waals surface area contributed by atoms with Gasteiger partial charge in [-0.15, -0.1) is 0 Å². The topological polar surface area (TPSA) is 103 Å². The number of para-hydroxylation sites is 1. The van der Waals surface area contributed by atoms with Crippen LogP contribution in [0, 0.1) is 0 Å². The minimum absolute atomic E-state index is 0.407. The Balaban J connectivity index is 2.98. The fourth-order valence-corrected chi connectivity index (χ4v) is 2.51. The van der Waals surface area contributed by atoms with Crippen molar-refractivity contribution in [3.63, 3.8) is 0 Å². The normalized spacial score (nSPS) is 12.4. The van der Waals surface area contributed by atoms with E-state index < -0.39 is 55.7 Å². The molecule has 1 aromatic carbocycles. The van der Waals surface area contributed by atoms with Gasteiger partial charge in [0.05, 0.1) is 18.2 Å². The number of carbonyl (C=O) groups excluding carboxylic acids is 1. The predicted molar refractivity (Wildman–Crippen MR) is 76.1 cm³/mol. The lowest BCUT2D eigenvalue weighted by Crippen LogP contribution is -2.22. The summed E-state index contributed by atoms with van der Waals surface area (Å²) in [6.45, 7) is 0.941. The Kier molecular flexibility index (Phi) is 4.42. The number of Topliss-reactive ketones (excluding diaryl/α,β-unsaturated/α-hetero) is 1. The molecule has 0 unspecified atom stereocenters. The van der Waals surface area contributed by atoms with Gasteiger partial charge in [-0.25, -0.2) is 4.18 Å². The minimum atomic E-state index is -4.82. The molecule has 11 heteroatoms. The summed E-state index contributed by atoms with van der Waals surface area (Å²) in [6.07, 6.45) is -4.82. The van der Waals surface area contributed by atoms with Crippen LogP contribution in [0.25, 0.3) is 10.9 Å². The first-order chi connectivity index (χ1) is 11.0.